The average Bonchev–Trinajstić information content (AvgIpc) is 3.18. The van der Waals surface area contributed by atoms with Crippen molar-refractivity contribution in [3.05, 3.63) is 96.1 Å². The van der Waals surface area contributed by atoms with Crippen LogP contribution in [-0.2, 0) is 6.18 Å². The van der Waals surface area contributed by atoms with E-state index in [-0.39, 0.29) is 11.5 Å². The number of rotatable bonds is 4. The largest absolute Gasteiger partial charge is 0.416 e. The van der Waals surface area contributed by atoms with Crippen molar-refractivity contribution in [2.45, 2.75) is 6.18 Å². The molecule has 4 aromatic rings. The number of hydrogen-bond donors (Lipinski definition) is 1. The molecule has 0 spiro atoms. The van der Waals surface area contributed by atoms with E-state index in [9.17, 15) is 18.0 Å². The SMILES string of the molecule is O=C(Nc1nn(-c2cccc(C(F)(F)F)c2)nc1-c1ccccc1)c1ccccc1. The highest BCUT2D eigenvalue weighted by molar-refractivity contribution is 6.05. The molecule has 3 aromatic carbocycles. The number of alkyl halides is 3. The van der Waals surface area contributed by atoms with E-state index in [1.165, 1.54) is 12.1 Å². The summed E-state index contributed by atoms with van der Waals surface area (Å²) < 4.78 is 39.3. The molecule has 1 heterocycles. The van der Waals surface area contributed by atoms with E-state index in [1.807, 2.05) is 6.07 Å². The normalized spacial score (nSPS) is 11.3. The van der Waals surface area contributed by atoms with E-state index in [1.54, 1.807) is 54.6 Å². The number of halogens is 3. The van der Waals surface area contributed by atoms with Crippen LogP contribution in [-0.4, -0.2) is 20.9 Å². The summed E-state index contributed by atoms with van der Waals surface area (Å²) in [6.45, 7) is 0. The highest BCUT2D eigenvalue weighted by Crippen LogP contribution is 2.31. The molecule has 0 atom stereocenters. The maximum absolute atomic E-state index is 13.1. The van der Waals surface area contributed by atoms with E-state index in [0.717, 1.165) is 16.9 Å². The number of carbonyl (C=O) groups excluding carboxylic acids is 1. The van der Waals surface area contributed by atoms with Crippen molar-refractivity contribution in [3.63, 3.8) is 0 Å². The van der Waals surface area contributed by atoms with Crippen LogP contribution in [0.2, 0.25) is 0 Å². The summed E-state index contributed by atoms with van der Waals surface area (Å²) in [6.07, 6.45) is -4.49. The molecule has 0 aliphatic rings. The van der Waals surface area contributed by atoms with Crippen molar-refractivity contribution >= 4 is 11.7 Å². The molecular weight excluding hydrogens is 393 g/mol. The van der Waals surface area contributed by atoms with Crippen molar-refractivity contribution in [1.82, 2.24) is 15.0 Å². The topological polar surface area (TPSA) is 59.8 Å². The Hall–Kier alpha value is -3.94. The van der Waals surface area contributed by atoms with Gasteiger partial charge in [0.05, 0.1) is 11.3 Å². The third-order valence-electron chi connectivity index (χ3n) is 4.33. The monoisotopic (exact) mass is 408 g/mol. The standard InChI is InChI=1S/C22H15F3N4O/c23-22(24,25)17-12-7-13-18(14-17)29-27-19(15-8-3-1-4-9-15)20(28-29)26-21(30)16-10-5-2-6-11-16/h1-14H,(H,26,28,30). The lowest BCUT2D eigenvalue weighted by atomic mass is 10.1. The Morgan fingerprint density at radius 2 is 1.50 bits per heavy atom. The van der Waals surface area contributed by atoms with Gasteiger partial charge in [-0.2, -0.15) is 13.2 Å². The molecule has 5 nitrogen and oxygen atoms in total. The number of nitrogens with one attached hydrogen (secondary N) is 1. The van der Waals surface area contributed by atoms with Gasteiger partial charge in [0.1, 0.15) is 5.69 Å². The smallest absolute Gasteiger partial charge is 0.303 e. The lowest BCUT2D eigenvalue weighted by Crippen LogP contribution is -2.13. The third kappa shape index (κ3) is 4.07. The van der Waals surface area contributed by atoms with Crippen molar-refractivity contribution in [2.24, 2.45) is 0 Å². The first-order valence-corrected chi connectivity index (χ1v) is 8.98. The van der Waals surface area contributed by atoms with Crippen LogP contribution in [0.15, 0.2) is 84.9 Å². The van der Waals surface area contributed by atoms with Crippen molar-refractivity contribution in [1.29, 1.82) is 0 Å². The molecule has 1 aromatic heterocycles. The van der Waals surface area contributed by atoms with Crippen LogP contribution in [0.3, 0.4) is 0 Å². The number of amides is 1. The van der Waals surface area contributed by atoms with Crippen molar-refractivity contribution in [3.8, 4) is 16.9 Å². The van der Waals surface area contributed by atoms with Gasteiger partial charge >= 0.3 is 6.18 Å². The first-order valence-electron chi connectivity index (χ1n) is 8.98. The summed E-state index contributed by atoms with van der Waals surface area (Å²) >= 11 is 0. The number of carbonyl (C=O) groups is 1. The molecule has 30 heavy (non-hydrogen) atoms. The van der Waals surface area contributed by atoms with Gasteiger partial charge in [-0.05, 0) is 30.3 Å². The molecular formula is C22H15F3N4O. The van der Waals surface area contributed by atoms with Crippen molar-refractivity contribution in [2.75, 3.05) is 5.32 Å². The second-order valence-corrected chi connectivity index (χ2v) is 6.42. The fourth-order valence-corrected chi connectivity index (χ4v) is 2.87. The summed E-state index contributed by atoms with van der Waals surface area (Å²) in [5.41, 5.74) is 0.747. The molecule has 150 valence electrons. The van der Waals surface area contributed by atoms with E-state index < -0.39 is 17.6 Å². The number of anilines is 1. The second kappa shape index (κ2) is 7.82. The van der Waals surface area contributed by atoms with Gasteiger partial charge in [-0.15, -0.1) is 15.0 Å². The highest BCUT2D eigenvalue weighted by Gasteiger charge is 2.30. The zero-order chi connectivity index (χ0) is 21.1. The Balaban J connectivity index is 1.76. The minimum absolute atomic E-state index is 0.127. The second-order valence-electron chi connectivity index (χ2n) is 6.42. The van der Waals surface area contributed by atoms with Gasteiger partial charge in [-0.1, -0.05) is 54.6 Å². The summed E-state index contributed by atoms with van der Waals surface area (Å²) in [5, 5.41) is 11.3. The Morgan fingerprint density at radius 3 is 2.17 bits per heavy atom. The maximum Gasteiger partial charge on any atom is 0.416 e. The number of nitrogens with zero attached hydrogens (tertiary/aromatic N) is 3. The lowest BCUT2D eigenvalue weighted by molar-refractivity contribution is -0.137. The summed E-state index contributed by atoms with van der Waals surface area (Å²) in [7, 11) is 0. The van der Waals surface area contributed by atoms with Gasteiger partial charge in [0.25, 0.3) is 5.91 Å². The summed E-state index contributed by atoms with van der Waals surface area (Å²) in [6, 6.07) is 22.2. The Morgan fingerprint density at radius 1 is 0.833 bits per heavy atom. The van der Waals surface area contributed by atoms with Gasteiger partial charge in [-0.25, -0.2) is 0 Å². The molecule has 0 aliphatic carbocycles. The van der Waals surface area contributed by atoms with Crippen LogP contribution in [0.4, 0.5) is 19.0 Å². The molecule has 0 unspecified atom stereocenters. The van der Waals surface area contributed by atoms with E-state index in [2.05, 4.69) is 15.5 Å². The van der Waals surface area contributed by atoms with Crippen molar-refractivity contribution < 1.29 is 18.0 Å². The average molecular weight is 408 g/mol. The summed E-state index contributed by atoms with van der Waals surface area (Å²) in [5.74, 6) is -0.253. The quantitative estimate of drug-likeness (QED) is 0.505. The minimum atomic E-state index is -4.49. The Bertz CT molecular complexity index is 1170. The van der Waals surface area contributed by atoms with E-state index in [0.29, 0.717) is 16.8 Å². The Kier molecular flexibility index (Phi) is 5.05. The number of benzene rings is 3. The van der Waals surface area contributed by atoms with Crippen LogP contribution < -0.4 is 5.32 Å². The molecule has 0 saturated heterocycles. The zero-order valence-corrected chi connectivity index (χ0v) is 15.5. The first-order chi connectivity index (χ1) is 14.4. The lowest BCUT2D eigenvalue weighted by Gasteiger charge is -2.07. The predicted octanol–water partition coefficient (Wildman–Crippen LogP) is 5.21. The fraction of sp³-hybridized carbons (Fsp3) is 0.0455. The van der Waals surface area contributed by atoms with Gasteiger partial charge < -0.3 is 5.32 Å². The van der Waals surface area contributed by atoms with Crippen LogP contribution in [0.1, 0.15) is 15.9 Å². The molecule has 0 aliphatic heterocycles. The van der Waals surface area contributed by atoms with Crippen LogP contribution in [0, 0.1) is 0 Å². The summed E-state index contributed by atoms with van der Waals surface area (Å²) in [4.78, 5) is 13.7. The Labute approximate surface area is 169 Å². The van der Waals surface area contributed by atoms with Gasteiger partial charge in [0.2, 0.25) is 0 Å². The molecule has 0 radical (unpaired) electrons. The van der Waals surface area contributed by atoms with Crippen LogP contribution in [0.25, 0.3) is 16.9 Å². The first kappa shape index (κ1) is 19.4. The predicted molar refractivity (Wildman–Crippen MR) is 106 cm³/mol. The van der Waals surface area contributed by atoms with E-state index >= 15 is 0 Å². The molecule has 0 saturated carbocycles. The molecule has 8 heteroatoms. The zero-order valence-electron chi connectivity index (χ0n) is 15.5. The molecule has 1 amide bonds. The fourth-order valence-electron chi connectivity index (χ4n) is 2.87. The third-order valence-corrected chi connectivity index (χ3v) is 4.33. The van der Waals surface area contributed by atoms with Crippen LogP contribution >= 0.6 is 0 Å². The molecule has 1 N–H and O–H groups in total. The van der Waals surface area contributed by atoms with Crippen LogP contribution in [0.5, 0.6) is 0 Å². The molecule has 0 fully saturated rings. The van der Waals surface area contributed by atoms with Gasteiger partial charge in [0, 0.05) is 11.1 Å². The minimum Gasteiger partial charge on any atom is -0.303 e. The number of hydrogen-bond acceptors (Lipinski definition) is 3. The van der Waals surface area contributed by atoms with Gasteiger partial charge in [-0.3, -0.25) is 4.79 Å². The maximum atomic E-state index is 13.1. The molecule has 4 rings (SSSR count). The number of aromatic nitrogens is 3. The molecule has 0 bridgehead atoms. The highest BCUT2D eigenvalue weighted by atomic mass is 19.4. The van der Waals surface area contributed by atoms with E-state index in [4.69, 9.17) is 0 Å². The van der Waals surface area contributed by atoms with Gasteiger partial charge in [0.15, 0.2) is 5.82 Å².